The number of hydrogen-bond donors (Lipinski definition) is 7. The molecular weight excluding hydrogens is 875 g/mol. The topological polar surface area (TPSA) is 212 Å². The lowest BCUT2D eigenvalue weighted by Gasteiger charge is -2.41. The number of ether oxygens (including phenoxy) is 2. The van der Waals surface area contributed by atoms with Crippen molar-refractivity contribution in [3.63, 3.8) is 0 Å². The molecule has 1 aliphatic heterocycles. The van der Waals surface area contributed by atoms with E-state index in [9.17, 15) is 43.3 Å². The van der Waals surface area contributed by atoms with Crippen molar-refractivity contribution in [2.24, 2.45) is 0 Å². The summed E-state index contributed by atoms with van der Waals surface area (Å²) in [6, 6.07) is -1.03. The van der Waals surface area contributed by atoms with E-state index in [2.05, 4.69) is 23.3 Å². The standard InChI is InChI=1S/C53H105NO12S/c1-3-5-7-9-11-13-15-17-19-21-23-24-26-27-29-31-33-35-37-39-41-46(56)45(44-64-53-50(59)51(66-67(61,62)63)49(58)48(43-55)65-53)54-52(60)47(57)42-40-38-36-34-32-30-28-25-22-20-18-16-14-12-10-8-6-4-2/h45-51,53,55-59H,3-44H2,1-2H3,(H,54,60)(H,61,62,63). The first-order chi connectivity index (χ1) is 32.4. The Bertz CT molecular complexity index is 1210. The van der Waals surface area contributed by atoms with Gasteiger partial charge in [0.1, 0.15) is 30.5 Å². The average Bonchev–Trinajstić information content (AvgIpc) is 3.30. The third-order valence-corrected chi connectivity index (χ3v) is 14.2. The van der Waals surface area contributed by atoms with Crippen molar-refractivity contribution in [3.05, 3.63) is 0 Å². The summed E-state index contributed by atoms with van der Waals surface area (Å²) in [6.45, 7) is 3.33. The van der Waals surface area contributed by atoms with Crippen LogP contribution in [0.2, 0.25) is 0 Å². The van der Waals surface area contributed by atoms with E-state index >= 15 is 0 Å². The van der Waals surface area contributed by atoms with Gasteiger partial charge in [-0.3, -0.25) is 9.35 Å². The Hall–Kier alpha value is -0.940. The van der Waals surface area contributed by atoms with Gasteiger partial charge in [-0.2, -0.15) is 8.42 Å². The van der Waals surface area contributed by atoms with Gasteiger partial charge in [0.25, 0.3) is 0 Å². The van der Waals surface area contributed by atoms with E-state index in [0.29, 0.717) is 19.3 Å². The van der Waals surface area contributed by atoms with Gasteiger partial charge in [0.05, 0.1) is 25.4 Å². The molecule has 0 aromatic heterocycles. The molecule has 0 bridgehead atoms. The number of aliphatic hydroxyl groups excluding tert-OH is 5. The summed E-state index contributed by atoms with van der Waals surface area (Å²) in [5.74, 6) is -0.663. The highest BCUT2D eigenvalue weighted by Crippen LogP contribution is 2.26. The fourth-order valence-corrected chi connectivity index (χ4v) is 9.86. The first-order valence-corrected chi connectivity index (χ1v) is 29.4. The lowest BCUT2D eigenvalue weighted by molar-refractivity contribution is -0.298. The third-order valence-electron chi connectivity index (χ3n) is 13.8. The molecular formula is C53H105NO12S. The van der Waals surface area contributed by atoms with Crippen LogP contribution >= 0.6 is 0 Å². The fourth-order valence-electron chi connectivity index (χ4n) is 9.35. The molecule has 400 valence electrons. The van der Waals surface area contributed by atoms with E-state index in [0.717, 1.165) is 38.5 Å². The number of amides is 1. The second kappa shape index (κ2) is 43.8. The molecule has 1 aliphatic rings. The zero-order valence-corrected chi connectivity index (χ0v) is 43.7. The lowest BCUT2D eigenvalue weighted by atomic mass is 9.99. The summed E-state index contributed by atoms with van der Waals surface area (Å²) in [4.78, 5) is 13.2. The predicted molar refractivity (Wildman–Crippen MR) is 270 cm³/mol. The van der Waals surface area contributed by atoms with E-state index < -0.39 is 78.5 Å². The van der Waals surface area contributed by atoms with Gasteiger partial charge >= 0.3 is 10.4 Å². The Morgan fingerprint density at radius 3 is 1.19 bits per heavy atom. The van der Waals surface area contributed by atoms with Gasteiger partial charge in [0.15, 0.2) is 6.29 Å². The van der Waals surface area contributed by atoms with Crippen molar-refractivity contribution in [3.8, 4) is 0 Å². The number of unbranched alkanes of at least 4 members (excludes halogenated alkanes) is 36. The molecule has 1 saturated heterocycles. The van der Waals surface area contributed by atoms with Crippen molar-refractivity contribution in [1.29, 1.82) is 0 Å². The number of aliphatic hydroxyl groups is 5. The fraction of sp³-hybridized carbons (Fsp3) is 0.981. The molecule has 1 heterocycles. The van der Waals surface area contributed by atoms with Crippen LogP contribution in [0.4, 0.5) is 0 Å². The van der Waals surface area contributed by atoms with Crippen molar-refractivity contribution in [1.82, 2.24) is 5.32 Å². The van der Waals surface area contributed by atoms with Crippen LogP contribution in [0, 0.1) is 0 Å². The minimum atomic E-state index is -5.11. The van der Waals surface area contributed by atoms with Crippen LogP contribution in [-0.2, 0) is 28.9 Å². The van der Waals surface area contributed by atoms with Crippen LogP contribution in [-0.4, -0.2) is 107 Å². The molecule has 67 heavy (non-hydrogen) atoms. The number of carbonyl (C=O) groups is 1. The Labute approximate surface area is 410 Å². The first kappa shape index (κ1) is 64.1. The molecule has 0 aromatic rings. The van der Waals surface area contributed by atoms with Gasteiger partial charge in [-0.15, -0.1) is 0 Å². The van der Waals surface area contributed by atoms with E-state index in [-0.39, 0.29) is 6.42 Å². The Morgan fingerprint density at radius 1 is 0.537 bits per heavy atom. The molecule has 0 spiro atoms. The molecule has 0 saturated carbocycles. The highest BCUT2D eigenvalue weighted by molar-refractivity contribution is 7.80. The number of nitrogens with one attached hydrogen (secondary N) is 1. The molecule has 8 unspecified atom stereocenters. The zero-order chi connectivity index (χ0) is 49.2. The van der Waals surface area contributed by atoms with Crippen molar-refractivity contribution in [2.45, 2.75) is 320 Å². The monoisotopic (exact) mass is 980 g/mol. The molecule has 0 aliphatic carbocycles. The maximum atomic E-state index is 13.2. The van der Waals surface area contributed by atoms with E-state index in [4.69, 9.17) is 9.47 Å². The summed E-state index contributed by atoms with van der Waals surface area (Å²) < 4.78 is 47.8. The molecule has 1 amide bonds. The summed E-state index contributed by atoms with van der Waals surface area (Å²) in [6.07, 6.45) is 37.0. The molecule has 1 fully saturated rings. The third kappa shape index (κ3) is 35.8. The molecule has 0 aromatic carbocycles. The lowest BCUT2D eigenvalue weighted by Crippen LogP contribution is -2.61. The number of carbonyl (C=O) groups excluding carboxylic acids is 1. The van der Waals surface area contributed by atoms with Crippen LogP contribution < -0.4 is 5.32 Å². The van der Waals surface area contributed by atoms with E-state index in [1.54, 1.807) is 0 Å². The highest BCUT2D eigenvalue weighted by Gasteiger charge is 2.48. The minimum absolute atomic E-state index is 0.267. The second-order valence-electron chi connectivity index (χ2n) is 20.0. The van der Waals surface area contributed by atoms with Crippen LogP contribution in [0.3, 0.4) is 0 Å². The van der Waals surface area contributed by atoms with Gasteiger partial charge in [0.2, 0.25) is 5.91 Å². The van der Waals surface area contributed by atoms with Crippen LogP contribution in [0.15, 0.2) is 0 Å². The Balaban J connectivity index is 2.43. The number of rotatable bonds is 49. The first-order valence-electron chi connectivity index (χ1n) is 28.0. The van der Waals surface area contributed by atoms with Crippen molar-refractivity contribution in [2.75, 3.05) is 13.2 Å². The zero-order valence-electron chi connectivity index (χ0n) is 42.9. The van der Waals surface area contributed by atoms with Crippen LogP contribution in [0.5, 0.6) is 0 Å². The van der Waals surface area contributed by atoms with Gasteiger partial charge in [0, 0.05) is 0 Å². The minimum Gasteiger partial charge on any atom is -0.394 e. The molecule has 7 N–H and O–H groups in total. The molecule has 8 atom stereocenters. The SMILES string of the molecule is CCCCCCCCCCCCCCCCCCCCCCC(O)C(COC1OC(CO)C(O)C(OS(=O)(=O)O)C1O)NC(=O)C(O)CCCCCCCCCCCCCCCCCCCC. The smallest absolute Gasteiger partial charge is 0.394 e. The van der Waals surface area contributed by atoms with Crippen LogP contribution in [0.25, 0.3) is 0 Å². The van der Waals surface area contributed by atoms with Crippen molar-refractivity contribution < 1.29 is 57.0 Å². The van der Waals surface area contributed by atoms with Gasteiger partial charge < -0.3 is 40.3 Å². The Morgan fingerprint density at radius 2 is 0.866 bits per heavy atom. The van der Waals surface area contributed by atoms with E-state index in [1.165, 1.54) is 193 Å². The Kier molecular flexibility index (Phi) is 41.9. The second-order valence-corrected chi connectivity index (χ2v) is 21.1. The summed E-state index contributed by atoms with van der Waals surface area (Å²) >= 11 is 0. The van der Waals surface area contributed by atoms with Gasteiger partial charge in [-0.1, -0.05) is 258 Å². The summed E-state index contributed by atoms with van der Waals surface area (Å²) in [7, 11) is -5.11. The largest absolute Gasteiger partial charge is 0.397 e. The van der Waals surface area contributed by atoms with Crippen molar-refractivity contribution >= 4 is 16.3 Å². The quantitative estimate of drug-likeness (QED) is 0.0224. The summed E-state index contributed by atoms with van der Waals surface area (Å²) in [5, 5.41) is 55.7. The van der Waals surface area contributed by atoms with E-state index in [1.807, 2.05) is 0 Å². The highest BCUT2D eigenvalue weighted by atomic mass is 32.3. The predicted octanol–water partition coefficient (Wildman–Crippen LogP) is 11.5. The van der Waals surface area contributed by atoms with Crippen LogP contribution in [0.1, 0.15) is 271 Å². The number of hydrogen-bond acceptors (Lipinski definition) is 11. The normalized spacial score (nSPS) is 20.3. The maximum absolute atomic E-state index is 13.2. The average molecular weight is 980 g/mol. The molecule has 1 rings (SSSR count). The molecule has 14 heteroatoms. The summed E-state index contributed by atoms with van der Waals surface area (Å²) in [5.41, 5.74) is 0. The van der Waals surface area contributed by atoms with Gasteiger partial charge in [-0.05, 0) is 12.8 Å². The molecule has 13 nitrogen and oxygen atoms in total. The molecule has 0 radical (unpaired) electrons. The maximum Gasteiger partial charge on any atom is 0.397 e. The van der Waals surface area contributed by atoms with Gasteiger partial charge in [-0.25, -0.2) is 4.18 Å².